The lowest BCUT2D eigenvalue weighted by atomic mass is 10.2. The molecule has 0 radical (unpaired) electrons. The number of rotatable bonds is 4. The highest BCUT2D eigenvalue weighted by Gasteiger charge is 2.13. The summed E-state index contributed by atoms with van der Waals surface area (Å²) < 4.78 is 26.8. The van der Waals surface area contributed by atoms with Gasteiger partial charge in [-0.15, -0.1) is 0 Å². The van der Waals surface area contributed by atoms with E-state index >= 15 is 0 Å². The zero-order chi connectivity index (χ0) is 14.4. The summed E-state index contributed by atoms with van der Waals surface area (Å²) in [7, 11) is -3.59. The molecule has 0 bridgehead atoms. The van der Waals surface area contributed by atoms with E-state index in [1.165, 1.54) is 18.2 Å². The van der Waals surface area contributed by atoms with Gasteiger partial charge in [0.1, 0.15) is 0 Å². The first kappa shape index (κ1) is 13.8. The van der Waals surface area contributed by atoms with Crippen molar-refractivity contribution >= 4 is 21.8 Å². The molecule has 20 heavy (non-hydrogen) atoms. The summed E-state index contributed by atoms with van der Waals surface area (Å²) in [5.74, 6) is 0. The lowest BCUT2D eigenvalue weighted by Crippen LogP contribution is -2.12. The van der Waals surface area contributed by atoms with Crippen LogP contribution in [0, 0.1) is 11.3 Å². The van der Waals surface area contributed by atoms with Crippen LogP contribution in [0.4, 0.5) is 5.69 Å². The van der Waals surface area contributed by atoms with Crippen LogP contribution in [-0.2, 0) is 10.0 Å². The number of nitrogens with zero attached hydrogens (tertiary/aromatic N) is 1. The number of hydrogen-bond donors (Lipinski definition) is 1. The third kappa shape index (κ3) is 3.46. The van der Waals surface area contributed by atoms with Gasteiger partial charge in [-0.25, -0.2) is 8.42 Å². The van der Waals surface area contributed by atoms with Crippen LogP contribution in [0.3, 0.4) is 0 Å². The molecule has 5 heteroatoms. The molecule has 0 aromatic heterocycles. The van der Waals surface area contributed by atoms with E-state index in [9.17, 15) is 8.42 Å². The van der Waals surface area contributed by atoms with Crippen molar-refractivity contribution in [2.75, 3.05) is 4.72 Å². The highest BCUT2D eigenvalue weighted by Crippen LogP contribution is 2.17. The van der Waals surface area contributed by atoms with Crippen molar-refractivity contribution in [3.05, 3.63) is 66.2 Å². The molecule has 0 unspecified atom stereocenters. The number of sulfonamides is 1. The van der Waals surface area contributed by atoms with E-state index in [1.807, 2.05) is 6.07 Å². The number of nitrogens with one attached hydrogen (secondary N) is 1. The molecule has 100 valence electrons. The fourth-order valence-electron chi connectivity index (χ4n) is 1.65. The second-order valence-corrected chi connectivity index (χ2v) is 5.69. The Morgan fingerprint density at radius 3 is 2.50 bits per heavy atom. The summed E-state index contributed by atoms with van der Waals surface area (Å²) in [4.78, 5) is 0.206. The van der Waals surface area contributed by atoms with Gasteiger partial charge in [-0.05, 0) is 35.9 Å². The Kier molecular flexibility index (Phi) is 4.18. The summed E-state index contributed by atoms with van der Waals surface area (Å²) in [5.41, 5.74) is 1.20. The van der Waals surface area contributed by atoms with Crippen molar-refractivity contribution in [2.45, 2.75) is 4.90 Å². The predicted octanol–water partition coefficient (Wildman–Crippen LogP) is 3.02. The minimum absolute atomic E-state index is 0.206. The SMILES string of the molecule is N#C/C=C/c1cccc(NS(=O)(=O)c2ccccc2)c1. The van der Waals surface area contributed by atoms with E-state index in [0.29, 0.717) is 5.69 Å². The standard InChI is InChI=1S/C15H12N2O2S/c16-11-5-7-13-6-4-8-14(12-13)17-20(18,19)15-9-2-1-3-10-15/h1-10,12,17H/b7-5+. The van der Waals surface area contributed by atoms with E-state index in [0.717, 1.165) is 5.56 Å². The fourth-order valence-corrected chi connectivity index (χ4v) is 2.72. The Morgan fingerprint density at radius 2 is 1.80 bits per heavy atom. The van der Waals surface area contributed by atoms with Crippen LogP contribution in [0.5, 0.6) is 0 Å². The molecule has 0 saturated carbocycles. The Hall–Kier alpha value is -2.58. The molecule has 2 aromatic rings. The van der Waals surface area contributed by atoms with Gasteiger partial charge in [-0.2, -0.15) is 5.26 Å². The van der Waals surface area contributed by atoms with E-state index in [-0.39, 0.29) is 4.90 Å². The summed E-state index contributed by atoms with van der Waals surface area (Å²) in [6, 6.07) is 16.9. The third-order valence-corrected chi connectivity index (χ3v) is 3.94. The average molecular weight is 284 g/mol. The zero-order valence-corrected chi connectivity index (χ0v) is 11.3. The highest BCUT2D eigenvalue weighted by molar-refractivity contribution is 7.92. The van der Waals surface area contributed by atoms with Crippen LogP contribution in [0.15, 0.2) is 65.6 Å². The minimum Gasteiger partial charge on any atom is -0.280 e. The first-order valence-electron chi connectivity index (χ1n) is 5.86. The summed E-state index contributed by atoms with van der Waals surface area (Å²) >= 11 is 0. The molecular formula is C15H12N2O2S. The first-order chi connectivity index (χ1) is 9.62. The number of nitriles is 1. The highest BCUT2D eigenvalue weighted by atomic mass is 32.2. The van der Waals surface area contributed by atoms with Crippen molar-refractivity contribution in [1.29, 1.82) is 5.26 Å². The molecule has 0 aliphatic heterocycles. The molecule has 2 aromatic carbocycles. The molecule has 1 N–H and O–H groups in total. The van der Waals surface area contributed by atoms with Crippen LogP contribution in [-0.4, -0.2) is 8.42 Å². The van der Waals surface area contributed by atoms with Crippen molar-refractivity contribution in [1.82, 2.24) is 0 Å². The Bertz CT molecular complexity index is 760. The van der Waals surface area contributed by atoms with Crippen molar-refractivity contribution in [3.63, 3.8) is 0 Å². The third-order valence-electron chi connectivity index (χ3n) is 2.54. The molecule has 0 heterocycles. The summed E-state index contributed by atoms with van der Waals surface area (Å²) in [6.07, 6.45) is 2.95. The molecular weight excluding hydrogens is 272 g/mol. The van der Waals surface area contributed by atoms with E-state index < -0.39 is 10.0 Å². The van der Waals surface area contributed by atoms with Gasteiger partial charge >= 0.3 is 0 Å². The fraction of sp³-hybridized carbons (Fsp3) is 0. The largest absolute Gasteiger partial charge is 0.280 e. The van der Waals surface area contributed by atoms with Crippen LogP contribution < -0.4 is 4.72 Å². The van der Waals surface area contributed by atoms with Gasteiger partial charge in [0.25, 0.3) is 10.0 Å². The smallest absolute Gasteiger partial charge is 0.261 e. The van der Waals surface area contributed by atoms with Crippen LogP contribution in [0.25, 0.3) is 6.08 Å². The topological polar surface area (TPSA) is 70.0 Å². The summed E-state index contributed by atoms with van der Waals surface area (Å²) in [5, 5.41) is 8.48. The quantitative estimate of drug-likeness (QED) is 0.877. The Labute approximate surface area is 118 Å². The van der Waals surface area contributed by atoms with Crippen molar-refractivity contribution in [3.8, 4) is 6.07 Å². The molecule has 0 aliphatic carbocycles. The average Bonchev–Trinajstić information content (AvgIpc) is 2.46. The van der Waals surface area contributed by atoms with Gasteiger partial charge in [0.2, 0.25) is 0 Å². The molecule has 0 aliphatic rings. The van der Waals surface area contributed by atoms with E-state index in [2.05, 4.69) is 4.72 Å². The van der Waals surface area contributed by atoms with E-state index in [1.54, 1.807) is 48.5 Å². The normalized spacial score (nSPS) is 11.2. The van der Waals surface area contributed by atoms with Crippen LogP contribution in [0.1, 0.15) is 5.56 Å². The monoisotopic (exact) mass is 284 g/mol. The van der Waals surface area contributed by atoms with Crippen molar-refractivity contribution in [2.24, 2.45) is 0 Å². The molecule has 0 spiro atoms. The molecule has 2 rings (SSSR count). The van der Waals surface area contributed by atoms with Crippen LogP contribution >= 0.6 is 0 Å². The van der Waals surface area contributed by atoms with Gasteiger partial charge in [0.05, 0.1) is 11.0 Å². The maximum atomic E-state index is 12.1. The Balaban J connectivity index is 2.27. The first-order valence-corrected chi connectivity index (χ1v) is 7.34. The van der Waals surface area contributed by atoms with Gasteiger partial charge in [0, 0.05) is 11.8 Å². The molecule has 0 atom stereocenters. The summed E-state index contributed by atoms with van der Waals surface area (Å²) in [6.45, 7) is 0. The van der Waals surface area contributed by atoms with Gasteiger partial charge in [-0.3, -0.25) is 4.72 Å². The lowest BCUT2D eigenvalue weighted by molar-refractivity contribution is 0.601. The molecule has 4 nitrogen and oxygen atoms in total. The molecule has 0 amide bonds. The van der Waals surface area contributed by atoms with Gasteiger partial charge in [0.15, 0.2) is 0 Å². The number of benzene rings is 2. The maximum absolute atomic E-state index is 12.1. The number of anilines is 1. The second kappa shape index (κ2) is 6.04. The minimum atomic E-state index is -3.59. The van der Waals surface area contributed by atoms with E-state index in [4.69, 9.17) is 5.26 Å². The second-order valence-electron chi connectivity index (χ2n) is 4.01. The predicted molar refractivity (Wildman–Crippen MR) is 78.3 cm³/mol. The van der Waals surface area contributed by atoms with Crippen molar-refractivity contribution < 1.29 is 8.42 Å². The van der Waals surface area contributed by atoms with Crippen LogP contribution in [0.2, 0.25) is 0 Å². The zero-order valence-electron chi connectivity index (χ0n) is 10.5. The molecule has 0 saturated heterocycles. The lowest BCUT2D eigenvalue weighted by Gasteiger charge is -2.08. The Morgan fingerprint density at radius 1 is 1.05 bits per heavy atom. The molecule has 0 fully saturated rings. The van der Waals surface area contributed by atoms with Gasteiger partial charge in [-0.1, -0.05) is 30.3 Å². The number of allylic oxidation sites excluding steroid dienone is 1. The maximum Gasteiger partial charge on any atom is 0.261 e. The number of hydrogen-bond acceptors (Lipinski definition) is 3. The van der Waals surface area contributed by atoms with Gasteiger partial charge < -0.3 is 0 Å².